The summed E-state index contributed by atoms with van der Waals surface area (Å²) in [5, 5.41) is 7.13. The molecule has 0 saturated carbocycles. The molecule has 0 spiro atoms. The van der Waals surface area contributed by atoms with Crippen molar-refractivity contribution >= 4 is 17.4 Å². The summed E-state index contributed by atoms with van der Waals surface area (Å²) in [6.07, 6.45) is 9.94. The zero-order valence-electron chi connectivity index (χ0n) is 13.3. The van der Waals surface area contributed by atoms with Crippen molar-refractivity contribution in [3.05, 3.63) is 42.2 Å². The van der Waals surface area contributed by atoms with E-state index in [9.17, 15) is 4.79 Å². The molecule has 3 aromatic heterocycles. The molecule has 1 saturated heterocycles. The van der Waals surface area contributed by atoms with Crippen LogP contribution < -0.4 is 10.2 Å². The van der Waals surface area contributed by atoms with Gasteiger partial charge in [0.2, 0.25) is 0 Å². The van der Waals surface area contributed by atoms with Crippen LogP contribution in [-0.2, 0) is 6.42 Å². The van der Waals surface area contributed by atoms with Gasteiger partial charge in [-0.2, -0.15) is 5.10 Å². The molecule has 8 nitrogen and oxygen atoms in total. The molecule has 1 fully saturated rings. The number of fused-ring (bicyclic) bond motifs is 1. The fourth-order valence-corrected chi connectivity index (χ4v) is 2.97. The largest absolute Gasteiger partial charge is 0.357 e. The van der Waals surface area contributed by atoms with E-state index in [1.165, 1.54) is 12.8 Å². The molecule has 0 aliphatic carbocycles. The molecule has 24 heavy (non-hydrogen) atoms. The van der Waals surface area contributed by atoms with Gasteiger partial charge in [0.15, 0.2) is 5.65 Å². The summed E-state index contributed by atoms with van der Waals surface area (Å²) >= 11 is 0. The van der Waals surface area contributed by atoms with Gasteiger partial charge in [0, 0.05) is 38.4 Å². The summed E-state index contributed by atoms with van der Waals surface area (Å²) in [7, 11) is 0. The van der Waals surface area contributed by atoms with Crippen LogP contribution in [0.25, 0.3) is 5.65 Å². The van der Waals surface area contributed by atoms with Crippen LogP contribution in [0.15, 0.2) is 31.0 Å². The number of rotatable bonds is 5. The predicted molar refractivity (Wildman–Crippen MR) is 89.1 cm³/mol. The molecular formula is C16H19N7O. The maximum atomic E-state index is 12.4. The molecule has 4 heterocycles. The topological polar surface area (TPSA) is 91.2 Å². The number of carbonyl (C=O) groups excluding carboxylic acids is 1. The van der Waals surface area contributed by atoms with E-state index in [0.717, 1.165) is 24.6 Å². The maximum Gasteiger partial charge on any atom is 0.256 e. The molecule has 1 amide bonds. The number of amides is 1. The predicted octanol–water partition coefficient (Wildman–Crippen LogP) is 1.03. The fourth-order valence-electron chi connectivity index (χ4n) is 2.97. The smallest absolute Gasteiger partial charge is 0.256 e. The Morgan fingerprint density at radius 1 is 1.33 bits per heavy atom. The number of nitrogens with one attached hydrogen (secondary N) is 2. The van der Waals surface area contributed by atoms with Crippen LogP contribution in [0.3, 0.4) is 0 Å². The van der Waals surface area contributed by atoms with Gasteiger partial charge in [0.1, 0.15) is 11.4 Å². The first kappa shape index (κ1) is 14.7. The van der Waals surface area contributed by atoms with Gasteiger partial charge in [-0.05, 0) is 18.9 Å². The van der Waals surface area contributed by atoms with Crippen molar-refractivity contribution in [2.75, 3.05) is 24.5 Å². The third-order valence-corrected chi connectivity index (χ3v) is 4.25. The van der Waals surface area contributed by atoms with Crippen molar-refractivity contribution in [2.24, 2.45) is 0 Å². The monoisotopic (exact) mass is 325 g/mol. The highest BCUT2D eigenvalue weighted by Gasteiger charge is 2.18. The Bertz CT molecular complexity index is 833. The van der Waals surface area contributed by atoms with Crippen LogP contribution in [0.4, 0.5) is 5.82 Å². The highest BCUT2D eigenvalue weighted by molar-refractivity contribution is 5.99. The van der Waals surface area contributed by atoms with E-state index in [2.05, 4.69) is 30.3 Å². The standard InChI is InChI=1S/C16H19N7O/c24-16(18-5-3-12-9-17-11-19-12)13-10-20-23-8-4-14(21-15(13)23)22-6-1-2-7-22/h4,8-11H,1-3,5-7H2,(H,17,19)(H,18,24). The summed E-state index contributed by atoms with van der Waals surface area (Å²) in [6.45, 7) is 2.55. The van der Waals surface area contributed by atoms with Crippen molar-refractivity contribution in [1.29, 1.82) is 0 Å². The lowest BCUT2D eigenvalue weighted by Crippen LogP contribution is -2.26. The third kappa shape index (κ3) is 2.82. The molecule has 0 radical (unpaired) electrons. The first-order chi connectivity index (χ1) is 11.8. The molecule has 4 rings (SSSR count). The van der Waals surface area contributed by atoms with Crippen molar-refractivity contribution in [2.45, 2.75) is 19.3 Å². The average Bonchev–Trinajstić information content (AvgIpc) is 3.35. The van der Waals surface area contributed by atoms with Gasteiger partial charge >= 0.3 is 0 Å². The second kappa shape index (κ2) is 6.31. The number of H-pyrrole nitrogens is 1. The Morgan fingerprint density at radius 3 is 3.00 bits per heavy atom. The van der Waals surface area contributed by atoms with Crippen molar-refractivity contribution in [1.82, 2.24) is 29.9 Å². The number of carbonyl (C=O) groups is 1. The van der Waals surface area contributed by atoms with E-state index >= 15 is 0 Å². The molecule has 0 bridgehead atoms. The summed E-state index contributed by atoms with van der Waals surface area (Å²) in [6, 6.07) is 1.95. The van der Waals surface area contributed by atoms with E-state index in [4.69, 9.17) is 0 Å². The van der Waals surface area contributed by atoms with Gasteiger partial charge in [-0.15, -0.1) is 0 Å². The van der Waals surface area contributed by atoms with Crippen molar-refractivity contribution in [3.63, 3.8) is 0 Å². The van der Waals surface area contributed by atoms with Gasteiger partial charge in [-0.1, -0.05) is 0 Å². The van der Waals surface area contributed by atoms with E-state index in [1.807, 2.05) is 18.5 Å². The summed E-state index contributed by atoms with van der Waals surface area (Å²) in [4.78, 5) is 26.4. The quantitative estimate of drug-likeness (QED) is 0.731. The number of anilines is 1. The molecular weight excluding hydrogens is 306 g/mol. The van der Waals surface area contributed by atoms with Crippen molar-refractivity contribution < 1.29 is 4.79 Å². The molecule has 0 aromatic carbocycles. The minimum absolute atomic E-state index is 0.161. The number of aromatic amines is 1. The minimum Gasteiger partial charge on any atom is -0.357 e. The highest BCUT2D eigenvalue weighted by Crippen LogP contribution is 2.19. The fraction of sp³-hybridized carbons (Fsp3) is 0.375. The number of nitrogens with zero attached hydrogens (tertiary/aromatic N) is 5. The molecule has 3 aromatic rings. The summed E-state index contributed by atoms with van der Waals surface area (Å²) in [5.41, 5.74) is 2.01. The Morgan fingerprint density at radius 2 is 2.21 bits per heavy atom. The molecule has 0 atom stereocenters. The molecule has 8 heteroatoms. The first-order valence-electron chi connectivity index (χ1n) is 8.16. The van der Waals surface area contributed by atoms with Gasteiger partial charge in [0.05, 0.1) is 18.2 Å². The summed E-state index contributed by atoms with van der Waals surface area (Å²) < 4.78 is 1.64. The molecule has 2 N–H and O–H groups in total. The van der Waals surface area contributed by atoms with Crippen molar-refractivity contribution in [3.8, 4) is 0 Å². The maximum absolute atomic E-state index is 12.4. The molecule has 1 aliphatic rings. The molecule has 1 aliphatic heterocycles. The normalized spacial score (nSPS) is 14.4. The third-order valence-electron chi connectivity index (χ3n) is 4.25. The van der Waals surface area contributed by atoms with Gasteiger partial charge in [-0.3, -0.25) is 4.79 Å². The van der Waals surface area contributed by atoms with Crippen LogP contribution in [0.1, 0.15) is 28.9 Å². The number of imidazole rings is 1. The first-order valence-corrected chi connectivity index (χ1v) is 8.16. The lowest BCUT2D eigenvalue weighted by atomic mass is 10.3. The number of hydrogen-bond acceptors (Lipinski definition) is 5. The lowest BCUT2D eigenvalue weighted by molar-refractivity contribution is 0.0955. The van der Waals surface area contributed by atoms with E-state index in [-0.39, 0.29) is 5.91 Å². The van der Waals surface area contributed by atoms with E-state index in [1.54, 1.807) is 17.0 Å². The Kier molecular flexibility index (Phi) is 3.86. The molecule has 0 unspecified atom stereocenters. The average molecular weight is 325 g/mol. The van der Waals surface area contributed by atoms with Crippen LogP contribution >= 0.6 is 0 Å². The molecule has 124 valence electrons. The second-order valence-corrected chi connectivity index (χ2v) is 5.87. The Hall–Kier alpha value is -2.90. The summed E-state index contributed by atoms with van der Waals surface area (Å²) in [5.74, 6) is 0.748. The highest BCUT2D eigenvalue weighted by atomic mass is 16.1. The van der Waals surface area contributed by atoms with Gasteiger partial charge in [-0.25, -0.2) is 14.5 Å². The van der Waals surface area contributed by atoms with Gasteiger partial charge < -0.3 is 15.2 Å². The second-order valence-electron chi connectivity index (χ2n) is 5.87. The van der Waals surface area contributed by atoms with E-state index < -0.39 is 0 Å². The van der Waals surface area contributed by atoms with Crippen LogP contribution in [0.2, 0.25) is 0 Å². The SMILES string of the molecule is O=C(NCCc1c[nH]cn1)c1cnn2ccc(N3CCCC3)nc12. The van der Waals surface area contributed by atoms with Crippen LogP contribution in [0, 0.1) is 0 Å². The van der Waals surface area contributed by atoms with Crippen LogP contribution in [-0.4, -0.2) is 50.1 Å². The van der Waals surface area contributed by atoms with Gasteiger partial charge in [0.25, 0.3) is 5.91 Å². The lowest BCUT2D eigenvalue weighted by Gasteiger charge is -2.16. The zero-order valence-corrected chi connectivity index (χ0v) is 13.3. The van der Waals surface area contributed by atoms with E-state index in [0.29, 0.717) is 24.2 Å². The van der Waals surface area contributed by atoms with Crippen LogP contribution in [0.5, 0.6) is 0 Å². The Labute approximate surface area is 138 Å². The Balaban J connectivity index is 1.50. The minimum atomic E-state index is -0.161. The zero-order chi connectivity index (χ0) is 16.4. The number of hydrogen-bond donors (Lipinski definition) is 2. The number of aromatic nitrogens is 5.